The predicted molar refractivity (Wildman–Crippen MR) is 53.1 cm³/mol. The van der Waals surface area contributed by atoms with Crippen LogP contribution >= 0.6 is 0 Å². The summed E-state index contributed by atoms with van der Waals surface area (Å²) in [4.78, 5) is 25.1. The van der Waals surface area contributed by atoms with E-state index in [9.17, 15) is 9.59 Å². The Bertz CT molecular complexity index is 274. The summed E-state index contributed by atoms with van der Waals surface area (Å²) in [5.41, 5.74) is 0. The molecule has 0 saturated carbocycles. The molecule has 5 heteroatoms. The molecule has 5 nitrogen and oxygen atoms in total. The standard InChI is InChI=1S/C10H16N2O3/c1-7-9(13)11-3-4-12(7)10(14)8-2-5-15-6-8/h7-8H,2-6H2,1H3,(H,11,13). The number of carbonyl (C=O) groups excluding carboxylic acids is 2. The van der Waals surface area contributed by atoms with E-state index in [4.69, 9.17) is 4.74 Å². The Morgan fingerprint density at radius 1 is 1.60 bits per heavy atom. The molecule has 2 rings (SSSR count). The Balaban J connectivity index is 2.01. The van der Waals surface area contributed by atoms with Crippen molar-refractivity contribution in [1.82, 2.24) is 10.2 Å². The molecule has 2 fully saturated rings. The minimum absolute atomic E-state index is 0.0432. The summed E-state index contributed by atoms with van der Waals surface area (Å²) < 4.78 is 5.18. The van der Waals surface area contributed by atoms with Crippen LogP contribution in [-0.4, -0.2) is 49.1 Å². The minimum atomic E-state index is -0.341. The fraction of sp³-hybridized carbons (Fsp3) is 0.800. The van der Waals surface area contributed by atoms with E-state index in [0.717, 1.165) is 6.42 Å². The van der Waals surface area contributed by atoms with Crippen molar-refractivity contribution in [3.8, 4) is 0 Å². The molecule has 0 aromatic rings. The summed E-state index contributed by atoms with van der Waals surface area (Å²) in [5, 5.41) is 2.74. The Labute approximate surface area is 88.8 Å². The van der Waals surface area contributed by atoms with Gasteiger partial charge >= 0.3 is 0 Å². The van der Waals surface area contributed by atoms with E-state index >= 15 is 0 Å². The number of amides is 2. The van der Waals surface area contributed by atoms with E-state index in [1.165, 1.54) is 0 Å². The SMILES string of the molecule is CC1C(=O)NCCN1C(=O)C1CCOC1. The lowest BCUT2D eigenvalue weighted by atomic mass is 10.1. The zero-order chi connectivity index (χ0) is 10.8. The molecular weight excluding hydrogens is 196 g/mol. The topological polar surface area (TPSA) is 58.6 Å². The summed E-state index contributed by atoms with van der Waals surface area (Å²) in [6.07, 6.45) is 0.781. The zero-order valence-electron chi connectivity index (χ0n) is 8.86. The number of ether oxygens (including phenoxy) is 1. The summed E-state index contributed by atoms with van der Waals surface area (Å²) in [7, 11) is 0. The van der Waals surface area contributed by atoms with Crippen LogP contribution in [0.25, 0.3) is 0 Å². The third-order valence-corrected chi connectivity index (χ3v) is 3.06. The molecule has 2 aliphatic heterocycles. The van der Waals surface area contributed by atoms with Crippen LogP contribution < -0.4 is 5.32 Å². The first-order valence-corrected chi connectivity index (χ1v) is 5.36. The van der Waals surface area contributed by atoms with Gasteiger partial charge in [-0.2, -0.15) is 0 Å². The molecule has 0 spiro atoms. The first kappa shape index (κ1) is 10.4. The van der Waals surface area contributed by atoms with E-state index in [1.54, 1.807) is 11.8 Å². The van der Waals surface area contributed by atoms with Gasteiger partial charge in [-0.05, 0) is 13.3 Å². The quantitative estimate of drug-likeness (QED) is 0.629. The van der Waals surface area contributed by atoms with Gasteiger partial charge in [-0.25, -0.2) is 0 Å². The van der Waals surface area contributed by atoms with Crippen molar-refractivity contribution in [1.29, 1.82) is 0 Å². The van der Waals surface area contributed by atoms with Crippen LogP contribution in [0.5, 0.6) is 0 Å². The van der Waals surface area contributed by atoms with Crippen LogP contribution in [0.4, 0.5) is 0 Å². The summed E-state index contributed by atoms with van der Waals surface area (Å²) >= 11 is 0. The van der Waals surface area contributed by atoms with Crippen molar-refractivity contribution in [3.63, 3.8) is 0 Å². The van der Waals surface area contributed by atoms with Gasteiger partial charge in [0.1, 0.15) is 6.04 Å². The molecule has 84 valence electrons. The predicted octanol–water partition coefficient (Wildman–Crippen LogP) is -0.630. The Kier molecular flexibility index (Phi) is 2.90. The Hall–Kier alpha value is -1.10. The van der Waals surface area contributed by atoms with Gasteiger partial charge in [-0.3, -0.25) is 9.59 Å². The average Bonchev–Trinajstić information content (AvgIpc) is 2.74. The number of hydrogen-bond acceptors (Lipinski definition) is 3. The van der Waals surface area contributed by atoms with Crippen LogP contribution in [-0.2, 0) is 14.3 Å². The maximum atomic E-state index is 12.0. The van der Waals surface area contributed by atoms with Gasteiger partial charge in [-0.15, -0.1) is 0 Å². The maximum absolute atomic E-state index is 12.0. The summed E-state index contributed by atoms with van der Waals surface area (Å²) in [6, 6.07) is -0.341. The van der Waals surface area contributed by atoms with Crippen molar-refractivity contribution in [2.75, 3.05) is 26.3 Å². The fourth-order valence-electron chi connectivity index (χ4n) is 2.05. The largest absolute Gasteiger partial charge is 0.381 e. The van der Waals surface area contributed by atoms with Crippen LogP contribution in [0, 0.1) is 5.92 Å². The molecule has 2 unspecified atom stereocenters. The van der Waals surface area contributed by atoms with Gasteiger partial charge in [0.05, 0.1) is 12.5 Å². The first-order chi connectivity index (χ1) is 7.20. The third-order valence-electron chi connectivity index (χ3n) is 3.06. The highest BCUT2D eigenvalue weighted by Crippen LogP contribution is 2.17. The Morgan fingerprint density at radius 2 is 2.40 bits per heavy atom. The normalized spacial score (nSPS) is 31.5. The number of hydrogen-bond donors (Lipinski definition) is 1. The van der Waals surface area contributed by atoms with Gasteiger partial charge in [0, 0.05) is 19.7 Å². The zero-order valence-corrected chi connectivity index (χ0v) is 8.86. The van der Waals surface area contributed by atoms with Gasteiger partial charge in [0.15, 0.2) is 0 Å². The molecule has 2 heterocycles. The number of piperazine rings is 1. The Morgan fingerprint density at radius 3 is 3.07 bits per heavy atom. The van der Waals surface area contributed by atoms with Crippen molar-refractivity contribution < 1.29 is 14.3 Å². The van der Waals surface area contributed by atoms with Crippen LogP contribution in [0.1, 0.15) is 13.3 Å². The molecule has 1 N–H and O–H groups in total. The lowest BCUT2D eigenvalue weighted by Gasteiger charge is -2.34. The molecule has 2 atom stereocenters. The molecule has 2 aliphatic rings. The van der Waals surface area contributed by atoms with Gasteiger partial charge in [0.25, 0.3) is 0 Å². The second-order valence-corrected chi connectivity index (χ2v) is 4.06. The van der Waals surface area contributed by atoms with E-state index in [2.05, 4.69) is 5.32 Å². The molecule has 15 heavy (non-hydrogen) atoms. The lowest BCUT2D eigenvalue weighted by Crippen LogP contribution is -2.57. The van der Waals surface area contributed by atoms with Crippen LogP contribution in [0.2, 0.25) is 0 Å². The van der Waals surface area contributed by atoms with E-state index in [-0.39, 0.29) is 23.8 Å². The van der Waals surface area contributed by atoms with E-state index in [1.807, 2.05) is 0 Å². The highest BCUT2D eigenvalue weighted by atomic mass is 16.5. The molecule has 0 radical (unpaired) electrons. The third kappa shape index (κ3) is 1.97. The minimum Gasteiger partial charge on any atom is -0.381 e. The summed E-state index contributed by atoms with van der Waals surface area (Å²) in [6.45, 7) is 4.10. The molecule has 2 amide bonds. The average molecular weight is 212 g/mol. The maximum Gasteiger partial charge on any atom is 0.242 e. The molecule has 0 aromatic heterocycles. The molecule has 0 aliphatic carbocycles. The van der Waals surface area contributed by atoms with Crippen molar-refractivity contribution >= 4 is 11.8 Å². The number of nitrogens with one attached hydrogen (secondary N) is 1. The number of carbonyl (C=O) groups is 2. The molecular formula is C10H16N2O3. The van der Waals surface area contributed by atoms with Crippen molar-refractivity contribution in [2.24, 2.45) is 5.92 Å². The smallest absolute Gasteiger partial charge is 0.242 e. The summed E-state index contributed by atoms with van der Waals surface area (Å²) in [5.74, 6) is -0.0401. The highest BCUT2D eigenvalue weighted by Gasteiger charge is 2.34. The molecule has 0 aromatic carbocycles. The molecule has 0 bridgehead atoms. The van der Waals surface area contributed by atoms with Crippen LogP contribution in [0.15, 0.2) is 0 Å². The second-order valence-electron chi connectivity index (χ2n) is 4.06. The molecule has 2 saturated heterocycles. The van der Waals surface area contributed by atoms with Crippen molar-refractivity contribution in [2.45, 2.75) is 19.4 Å². The highest BCUT2D eigenvalue weighted by molar-refractivity contribution is 5.89. The fourth-order valence-corrected chi connectivity index (χ4v) is 2.05. The lowest BCUT2D eigenvalue weighted by molar-refractivity contribution is -0.145. The first-order valence-electron chi connectivity index (χ1n) is 5.36. The number of nitrogens with zero attached hydrogens (tertiary/aromatic N) is 1. The van der Waals surface area contributed by atoms with Gasteiger partial charge in [-0.1, -0.05) is 0 Å². The van der Waals surface area contributed by atoms with Gasteiger partial charge in [0.2, 0.25) is 11.8 Å². The van der Waals surface area contributed by atoms with Crippen molar-refractivity contribution in [3.05, 3.63) is 0 Å². The second kappa shape index (κ2) is 4.18. The van der Waals surface area contributed by atoms with E-state index < -0.39 is 0 Å². The van der Waals surface area contributed by atoms with Gasteiger partial charge < -0.3 is 15.0 Å². The van der Waals surface area contributed by atoms with Crippen LogP contribution in [0.3, 0.4) is 0 Å². The van der Waals surface area contributed by atoms with E-state index in [0.29, 0.717) is 26.3 Å². The number of rotatable bonds is 1. The monoisotopic (exact) mass is 212 g/mol.